The molecule has 14 rings (SSSR count). The van der Waals surface area contributed by atoms with Crippen LogP contribution in [-0.4, -0.2) is 19.5 Å². The highest BCUT2D eigenvalue weighted by molar-refractivity contribution is 6.20. The summed E-state index contributed by atoms with van der Waals surface area (Å²) in [5.41, 5.74) is 10.9. The second kappa shape index (κ2) is 13.8. The Bertz CT molecular complexity index is 4250. The Morgan fingerprint density at radius 1 is 0.323 bits per heavy atom. The van der Waals surface area contributed by atoms with E-state index in [-0.39, 0.29) is 0 Å². The lowest BCUT2D eigenvalue weighted by Crippen LogP contribution is -2.04. The minimum atomic E-state index is 0.515. The number of aromatic nitrogens is 4. The summed E-state index contributed by atoms with van der Waals surface area (Å²) >= 11 is 0. The van der Waals surface area contributed by atoms with E-state index >= 15 is 0 Å². The summed E-state index contributed by atoms with van der Waals surface area (Å²) in [4.78, 5) is 16.3. The van der Waals surface area contributed by atoms with Crippen LogP contribution in [0.4, 0.5) is 0 Å². The number of nitrogens with zero attached hydrogens (tertiary/aromatic N) is 4. The fourth-order valence-corrected chi connectivity index (χ4v) is 10.00. The average Bonchev–Trinajstić information content (AvgIpc) is 4.04. The van der Waals surface area contributed by atoms with Crippen molar-refractivity contribution in [2.75, 3.05) is 0 Å². The predicted octanol–water partition coefficient (Wildman–Crippen LogP) is 15.7. The van der Waals surface area contributed by atoms with Gasteiger partial charge in [0.25, 0.3) is 0 Å². The third-order valence-corrected chi connectivity index (χ3v) is 13.0. The van der Waals surface area contributed by atoms with Gasteiger partial charge in [-0.05, 0) is 81.2 Å². The SMILES string of the molecule is c1ccc(-c2cccc(-c3nc(-c4cc5c(cc4-n4c6ccccc6c6cc7ccccc7cc64)oc4ccc6ccccc6c45)nc(-c4cccc5c4oc4ccccc45)n3)c2)cc1. The highest BCUT2D eigenvalue weighted by atomic mass is 16.3. The summed E-state index contributed by atoms with van der Waals surface area (Å²) in [5.74, 6) is 1.60. The Morgan fingerprint density at radius 3 is 1.86 bits per heavy atom. The van der Waals surface area contributed by atoms with Crippen LogP contribution in [0.15, 0.2) is 215 Å². The minimum Gasteiger partial charge on any atom is -0.456 e. The molecule has 0 N–H and O–H groups in total. The molecule has 0 spiro atoms. The molecule has 4 heterocycles. The van der Waals surface area contributed by atoms with Gasteiger partial charge in [0.1, 0.15) is 22.3 Å². The third-order valence-electron chi connectivity index (χ3n) is 13.0. The third kappa shape index (κ3) is 5.51. The molecule has 0 saturated carbocycles. The fraction of sp³-hybridized carbons (Fsp3) is 0. The second-order valence-electron chi connectivity index (χ2n) is 16.7. The summed E-state index contributed by atoms with van der Waals surface area (Å²) < 4.78 is 15.8. The Morgan fingerprint density at radius 2 is 0.985 bits per heavy atom. The summed E-state index contributed by atoms with van der Waals surface area (Å²) in [6, 6.07) is 72.1. The molecular weight excluding hydrogens is 797 g/mol. The number of rotatable bonds is 5. The van der Waals surface area contributed by atoms with E-state index < -0.39 is 0 Å². The monoisotopic (exact) mass is 830 g/mol. The van der Waals surface area contributed by atoms with Crippen molar-refractivity contribution in [1.29, 1.82) is 0 Å². The second-order valence-corrected chi connectivity index (χ2v) is 16.7. The zero-order chi connectivity index (χ0) is 42.6. The maximum absolute atomic E-state index is 6.82. The van der Waals surface area contributed by atoms with E-state index in [2.05, 4.69) is 180 Å². The Kier molecular flexibility index (Phi) is 7.59. The standard InChI is InChI=1S/C59H34N4O2/c1-2-14-35(15-3-1)37-19-12-20-40(30-37)57-60-58(45-25-13-24-44-43-23-9-11-27-52(43)65-56(44)45)62-59(61-57)47-33-48-54(64-53-29-28-36-16-6-7-21-41(36)55(48)53)34-51(47)63-49-26-10-8-22-42(49)46-31-38-17-4-5-18-39(38)32-50(46)63/h1-34H. The van der Waals surface area contributed by atoms with Crippen molar-refractivity contribution in [1.82, 2.24) is 19.5 Å². The van der Waals surface area contributed by atoms with E-state index in [1.54, 1.807) is 0 Å². The molecule has 14 aromatic rings. The highest BCUT2D eigenvalue weighted by Crippen LogP contribution is 2.44. The largest absolute Gasteiger partial charge is 0.456 e. The molecule has 302 valence electrons. The normalized spacial score (nSPS) is 12.0. The first-order valence-corrected chi connectivity index (χ1v) is 21.8. The van der Waals surface area contributed by atoms with Crippen molar-refractivity contribution in [3.05, 3.63) is 206 Å². The van der Waals surface area contributed by atoms with Gasteiger partial charge >= 0.3 is 0 Å². The van der Waals surface area contributed by atoms with Crippen LogP contribution >= 0.6 is 0 Å². The van der Waals surface area contributed by atoms with Gasteiger partial charge in [-0.15, -0.1) is 0 Å². The average molecular weight is 831 g/mol. The number of fused-ring (bicyclic) bond motifs is 12. The van der Waals surface area contributed by atoms with Crippen LogP contribution in [0.2, 0.25) is 0 Å². The van der Waals surface area contributed by atoms with Crippen molar-refractivity contribution in [2.24, 2.45) is 0 Å². The van der Waals surface area contributed by atoms with E-state index in [1.165, 1.54) is 5.39 Å². The molecule has 6 heteroatoms. The minimum absolute atomic E-state index is 0.515. The molecule has 0 atom stereocenters. The number of para-hydroxylation sites is 3. The smallest absolute Gasteiger partial charge is 0.167 e. The summed E-state index contributed by atoms with van der Waals surface area (Å²) in [7, 11) is 0. The molecule has 0 fully saturated rings. The zero-order valence-corrected chi connectivity index (χ0v) is 34.7. The molecule has 6 nitrogen and oxygen atoms in total. The molecule has 0 bridgehead atoms. The number of furan rings is 2. The van der Waals surface area contributed by atoms with Gasteiger partial charge in [0.05, 0.1) is 22.3 Å². The molecule has 0 aliphatic rings. The van der Waals surface area contributed by atoms with Gasteiger partial charge in [0, 0.05) is 49.5 Å². The first-order chi connectivity index (χ1) is 32.2. The maximum atomic E-state index is 6.82. The van der Waals surface area contributed by atoms with Gasteiger partial charge in [0.15, 0.2) is 17.5 Å². The van der Waals surface area contributed by atoms with E-state index in [9.17, 15) is 0 Å². The van der Waals surface area contributed by atoms with Crippen LogP contribution in [0.1, 0.15) is 0 Å². The van der Waals surface area contributed by atoms with Crippen LogP contribution in [0.25, 0.3) is 138 Å². The van der Waals surface area contributed by atoms with Crippen molar-refractivity contribution in [2.45, 2.75) is 0 Å². The molecule has 0 saturated heterocycles. The van der Waals surface area contributed by atoms with Crippen molar-refractivity contribution >= 4 is 87.2 Å². The van der Waals surface area contributed by atoms with Crippen LogP contribution in [-0.2, 0) is 0 Å². The molecular formula is C59H34N4O2. The number of benzene rings is 10. The van der Waals surface area contributed by atoms with E-state index in [1.807, 2.05) is 30.3 Å². The first kappa shape index (κ1) is 35.7. The summed E-state index contributed by atoms with van der Waals surface area (Å²) in [5, 5.41) is 11.0. The van der Waals surface area contributed by atoms with Gasteiger partial charge in [-0.3, -0.25) is 0 Å². The summed E-state index contributed by atoms with van der Waals surface area (Å²) in [6.45, 7) is 0. The zero-order valence-electron chi connectivity index (χ0n) is 34.7. The lowest BCUT2D eigenvalue weighted by Gasteiger charge is -2.15. The van der Waals surface area contributed by atoms with Crippen molar-refractivity contribution in [3.63, 3.8) is 0 Å². The lowest BCUT2D eigenvalue weighted by atomic mass is 10.0. The lowest BCUT2D eigenvalue weighted by molar-refractivity contribution is 0.669. The molecule has 0 radical (unpaired) electrons. The maximum Gasteiger partial charge on any atom is 0.167 e. The number of hydrogen-bond donors (Lipinski definition) is 0. The van der Waals surface area contributed by atoms with Crippen LogP contribution in [0.5, 0.6) is 0 Å². The molecule has 10 aromatic carbocycles. The molecule has 0 aliphatic heterocycles. The molecule has 0 amide bonds. The van der Waals surface area contributed by atoms with E-state index in [0.717, 1.165) is 115 Å². The fourth-order valence-electron chi connectivity index (χ4n) is 10.00. The molecule has 0 aliphatic carbocycles. The Balaban J connectivity index is 1.12. The highest BCUT2D eigenvalue weighted by Gasteiger charge is 2.24. The summed E-state index contributed by atoms with van der Waals surface area (Å²) in [6.07, 6.45) is 0. The van der Waals surface area contributed by atoms with Crippen LogP contribution < -0.4 is 0 Å². The predicted molar refractivity (Wildman–Crippen MR) is 265 cm³/mol. The van der Waals surface area contributed by atoms with Gasteiger partial charge in [0.2, 0.25) is 0 Å². The van der Waals surface area contributed by atoms with Gasteiger partial charge in [-0.1, -0.05) is 152 Å². The van der Waals surface area contributed by atoms with Crippen molar-refractivity contribution in [3.8, 4) is 51.0 Å². The molecule has 4 aromatic heterocycles. The topological polar surface area (TPSA) is 69.9 Å². The van der Waals surface area contributed by atoms with Crippen LogP contribution in [0.3, 0.4) is 0 Å². The van der Waals surface area contributed by atoms with Gasteiger partial charge in [-0.25, -0.2) is 15.0 Å². The van der Waals surface area contributed by atoms with Crippen LogP contribution in [0, 0.1) is 0 Å². The Hall–Kier alpha value is -8.87. The number of hydrogen-bond acceptors (Lipinski definition) is 5. The molecule has 65 heavy (non-hydrogen) atoms. The quantitative estimate of drug-likeness (QED) is 0.173. The van der Waals surface area contributed by atoms with Crippen molar-refractivity contribution < 1.29 is 8.83 Å². The van der Waals surface area contributed by atoms with E-state index in [4.69, 9.17) is 23.8 Å². The Labute approximate surface area is 371 Å². The molecule has 0 unspecified atom stereocenters. The van der Waals surface area contributed by atoms with Gasteiger partial charge in [-0.2, -0.15) is 0 Å². The van der Waals surface area contributed by atoms with E-state index in [0.29, 0.717) is 17.5 Å². The first-order valence-electron chi connectivity index (χ1n) is 21.8. The van der Waals surface area contributed by atoms with Gasteiger partial charge < -0.3 is 13.4 Å².